The molecular weight excluding hydrogens is 298 g/mol. The van der Waals surface area contributed by atoms with Gasteiger partial charge in [0.15, 0.2) is 0 Å². The van der Waals surface area contributed by atoms with Gasteiger partial charge >= 0.3 is 0 Å². The fourth-order valence-corrected chi connectivity index (χ4v) is 4.51. The summed E-state index contributed by atoms with van der Waals surface area (Å²) in [5.41, 5.74) is 0. The Labute approximate surface area is 103 Å². The first-order valence-electron chi connectivity index (χ1n) is 4.64. The molecule has 15 heavy (non-hydrogen) atoms. The van der Waals surface area contributed by atoms with E-state index < -0.39 is 10.0 Å². The molecule has 0 amide bonds. The van der Waals surface area contributed by atoms with Gasteiger partial charge in [0.1, 0.15) is 4.21 Å². The van der Waals surface area contributed by atoms with E-state index in [0.717, 1.165) is 11.3 Å². The van der Waals surface area contributed by atoms with Gasteiger partial charge in [0, 0.05) is 16.2 Å². The number of hydrogen-bond donors (Lipinski definition) is 1. The van der Waals surface area contributed by atoms with Crippen molar-refractivity contribution in [3.8, 4) is 0 Å². The average molecular weight is 312 g/mol. The molecule has 1 rings (SSSR count). The van der Waals surface area contributed by atoms with Crippen molar-refractivity contribution in [3.63, 3.8) is 0 Å². The van der Waals surface area contributed by atoms with Crippen molar-refractivity contribution in [3.05, 3.63) is 17.0 Å². The molecule has 0 saturated carbocycles. The van der Waals surface area contributed by atoms with E-state index in [1.54, 1.807) is 6.07 Å². The van der Waals surface area contributed by atoms with Crippen LogP contribution in [0.4, 0.5) is 0 Å². The van der Waals surface area contributed by atoms with Crippen molar-refractivity contribution >= 4 is 37.3 Å². The maximum absolute atomic E-state index is 11.9. The topological polar surface area (TPSA) is 46.2 Å². The number of halogens is 1. The van der Waals surface area contributed by atoms with Gasteiger partial charge in [-0.15, -0.1) is 11.3 Å². The zero-order chi connectivity index (χ0) is 11.5. The molecule has 1 unspecified atom stereocenters. The zero-order valence-electron chi connectivity index (χ0n) is 8.66. The molecule has 0 aliphatic carbocycles. The third kappa shape index (κ3) is 3.55. The maximum atomic E-state index is 11.9. The highest BCUT2D eigenvalue weighted by atomic mass is 79.9. The van der Waals surface area contributed by atoms with Gasteiger partial charge in [-0.05, 0) is 25.5 Å². The van der Waals surface area contributed by atoms with Crippen LogP contribution in [0.1, 0.15) is 18.2 Å². The van der Waals surface area contributed by atoms with E-state index in [2.05, 4.69) is 20.7 Å². The Hall–Kier alpha value is 0.0900. The lowest BCUT2D eigenvalue weighted by Crippen LogP contribution is -2.35. The highest BCUT2D eigenvalue weighted by Gasteiger charge is 2.19. The molecule has 0 aromatic carbocycles. The monoisotopic (exact) mass is 311 g/mol. The molecule has 1 aromatic rings. The molecule has 0 bridgehead atoms. The van der Waals surface area contributed by atoms with E-state index in [-0.39, 0.29) is 6.04 Å². The summed E-state index contributed by atoms with van der Waals surface area (Å²) in [6, 6.07) is 3.41. The molecule has 1 N–H and O–H groups in total. The van der Waals surface area contributed by atoms with Gasteiger partial charge in [-0.25, -0.2) is 13.1 Å². The van der Waals surface area contributed by atoms with Gasteiger partial charge in [-0.1, -0.05) is 22.9 Å². The van der Waals surface area contributed by atoms with Gasteiger partial charge in [-0.2, -0.15) is 0 Å². The third-order valence-electron chi connectivity index (χ3n) is 1.98. The average Bonchev–Trinajstić information content (AvgIpc) is 2.62. The second-order valence-electron chi connectivity index (χ2n) is 3.25. The highest BCUT2D eigenvalue weighted by Crippen LogP contribution is 2.20. The van der Waals surface area contributed by atoms with Gasteiger partial charge < -0.3 is 0 Å². The smallest absolute Gasteiger partial charge is 0.207 e. The normalized spacial score (nSPS) is 14.1. The molecule has 1 aromatic heterocycles. The van der Waals surface area contributed by atoms with Crippen LogP contribution in [-0.2, 0) is 10.0 Å². The lowest BCUT2D eigenvalue weighted by Gasteiger charge is -2.12. The van der Waals surface area contributed by atoms with Crippen molar-refractivity contribution in [2.24, 2.45) is 0 Å². The van der Waals surface area contributed by atoms with Crippen LogP contribution in [0.5, 0.6) is 0 Å². The molecule has 0 spiro atoms. The Morgan fingerprint density at radius 2 is 2.20 bits per heavy atom. The predicted octanol–water partition coefficient (Wildman–Crippen LogP) is 2.51. The first-order chi connectivity index (χ1) is 6.99. The SMILES string of the molecule is CCC(CBr)NS(=O)(=O)c1ccc(C)s1. The summed E-state index contributed by atoms with van der Waals surface area (Å²) >= 11 is 4.57. The van der Waals surface area contributed by atoms with Crippen LogP contribution in [0.25, 0.3) is 0 Å². The number of alkyl halides is 1. The summed E-state index contributed by atoms with van der Waals surface area (Å²) < 4.78 is 26.8. The molecular formula is C9H14BrNO2S2. The standard InChI is InChI=1S/C9H14BrNO2S2/c1-3-8(6-10)11-15(12,13)9-5-4-7(2)14-9/h4-5,8,11H,3,6H2,1-2H3. The van der Waals surface area contributed by atoms with Gasteiger partial charge in [-0.3, -0.25) is 0 Å². The van der Waals surface area contributed by atoms with Crippen LogP contribution in [-0.4, -0.2) is 19.8 Å². The number of hydrogen-bond acceptors (Lipinski definition) is 3. The summed E-state index contributed by atoms with van der Waals surface area (Å²) in [6.07, 6.45) is 0.773. The lowest BCUT2D eigenvalue weighted by molar-refractivity contribution is 0.561. The minimum atomic E-state index is -3.32. The van der Waals surface area contributed by atoms with E-state index in [4.69, 9.17) is 0 Å². The fourth-order valence-electron chi connectivity index (χ4n) is 1.06. The Morgan fingerprint density at radius 3 is 2.60 bits per heavy atom. The van der Waals surface area contributed by atoms with Crippen LogP contribution >= 0.6 is 27.3 Å². The zero-order valence-corrected chi connectivity index (χ0v) is 11.9. The van der Waals surface area contributed by atoms with Crippen LogP contribution in [0.3, 0.4) is 0 Å². The van der Waals surface area contributed by atoms with E-state index >= 15 is 0 Å². The maximum Gasteiger partial charge on any atom is 0.250 e. The molecule has 1 atom stereocenters. The number of rotatable bonds is 5. The van der Waals surface area contributed by atoms with Gasteiger partial charge in [0.25, 0.3) is 0 Å². The van der Waals surface area contributed by atoms with E-state index in [1.165, 1.54) is 11.3 Å². The van der Waals surface area contributed by atoms with E-state index in [9.17, 15) is 8.42 Å². The Bertz CT molecular complexity index is 410. The van der Waals surface area contributed by atoms with Crippen molar-refractivity contribution < 1.29 is 8.42 Å². The Morgan fingerprint density at radius 1 is 1.53 bits per heavy atom. The second-order valence-corrected chi connectivity index (χ2v) is 7.12. The number of aryl methyl sites for hydroxylation is 1. The summed E-state index contributed by atoms with van der Waals surface area (Å²) in [5.74, 6) is 0. The number of nitrogens with one attached hydrogen (secondary N) is 1. The van der Waals surface area contributed by atoms with Crippen LogP contribution in [0, 0.1) is 6.92 Å². The third-order valence-corrected chi connectivity index (χ3v) is 5.78. The molecule has 0 fully saturated rings. The first kappa shape index (κ1) is 13.2. The van der Waals surface area contributed by atoms with E-state index in [1.807, 2.05) is 19.9 Å². The summed E-state index contributed by atoms with van der Waals surface area (Å²) in [5, 5.41) is 0.632. The first-order valence-corrected chi connectivity index (χ1v) is 8.06. The molecule has 0 radical (unpaired) electrons. The number of sulfonamides is 1. The summed E-state index contributed by atoms with van der Waals surface area (Å²) in [4.78, 5) is 1.00. The van der Waals surface area contributed by atoms with Crippen LogP contribution in [0.2, 0.25) is 0 Å². The van der Waals surface area contributed by atoms with Gasteiger partial charge in [0.05, 0.1) is 0 Å². The van der Waals surface area contributed by atoms with Crippen LogP contribution < -0.4 is 4.72 Å². The number of thiophene rings is 1. The molecule has 1 heterocycles. The van der Waals surface area contributed by atoms with Crippen molar-refractivity contribution in [1.29, 1.82) is 0 Å². The van der Waals surface area contributed by atoms with Gasteiger partial charge in [0.2, 0.25) is 10.0 Å². The Kier molecular flexibility index (Phi) is 4.76. The Balaban J connectivity index is 2.84. The second kappa shape index (κ2) is 5.43. The quantitative estimate of drug-likeness (QED) is 0.849. The molecule has 86 valence electrons. The minimum Gasteiger partial charge on any atom is -0.207 e. The minimum absolute atomic E-state index is 0.0441. The molecule has 0 aliphatic heterocycles. The van der Waals surface area contributed by atoms with Crippen molar-refractivity contribution in [2.45, 2.75) is 30.5 Å². The fraction of sp³-hybridized carbons (Fsp3) is 0.556. The predicted molar refractivity (Wildman–Crippen MR) is 67.3 cm³/mol. The molecule has 6 heteroatoms. The molecule has 0 aliphatic rings. The van der Waals surface area contributed by atoms with E-state index in [0.29, 0.717) is 9.54 Å². The summed E-state index contributed by atoms with van der Waals surface area (Å²) in [7, 11) is -3.32. The molecule has 0 saturated heterocycles. The van der Waals surface area contributed by atoms with Crippen molar-refractivity contribution in [1.82, 2.24) is 4.72 Å². The largest absolute Gasteiger partial charge is 0.250 e. The van der Waals surface area contributed by atoms with Crippen LogP contribution in [0.15, 0.2) is 16.3 Å². The molecule has 3 nitrogen and oxygen atoms in total. The summed E-state index contributed by atoms with van der Waals surface area (Å²) in [6.45, 7) is 3.85. The van der Waals surface area contributed by atoms with Crippen molar-refractivity contribution in [2.75, 3.05) is 5.33 Å². The lowest BCUT2D eigenvalue weighted by atomic mass is 10.3. The highest BCUT2D eigenvalue weighted by molar-refractivity contribution is 9.09.